The molecular formula is C11H18N4O. The minimum Gasteiger partial charge on any atom is -0.490 e. The molecule has 1 aromatic rings. The highest BCUT2D eigenvalue weighted by atomic mass is 16.5. The van der Waals surface area contributed by atoms with Crippen LogP contribution in [-0.4, -0.2) is 30.7 Å². The fourth-order valence-electron chi connectivity index (χ4n) is 1.67. The van der Waals surface area contributed by atoms with E-state index in [1.54, 1.807) is 7.11 Å². The van der Waals surface area contributed by atoms with Crippen LogP contribution in [0.5, 0.6) is 5.75 Å². The molecule has 5 nitrogen and oxygen atoms in total. The lowest BCUT2D eigenvalue weighted by molar-refractivity contribution is 0.415. The van der Waals surface area contributed by atoms with Crippen LogP contribution in [0.2, 0.25) is 0 Å². The number of ether oxygens (including phenoxy) is 1. The van der Waals surface area contributed by atoms with E-state index >= 15 is 0 Å². The summed E-state index contributed by atoms with van der Waals surface area (Å²) in [5, 5.41) is 6.28. The Bertz CT molecular complexity index is 352. The van der Waals surface area contributed by atoms with Gasteiger partial charge in [-0.2, -0.15) is 0 Å². The molecule has 0 bridgehead atoms. The van der Waals surface area contributed by atoms with Crippen LogP contribution in [0.1, 0.15) is 19.3 Å². The summed E-state index contributed by atoms with van der Waals surface area (Å²) in [4.78, 5) is 8.29. The minimum absolute atomic E-state index is 0.681. The van der Waals surface area contributed by atoms with Gasteiger partial charge in [-0.3, -0.25) is 0 Å². The Labute approximate surface area is 95.6 Å². The first-order chi connectivity index (χ1) is 7.85. The molecule has 88 valence electrons. The van der Waals surface area contributed by atoms with Gasteiger partial charge < -0.3 is 15.4 Å². The van der Waals surface area contributed by atoms with E-state index in [1.807, 2.05) is 7.05 Å². The van der Waals surface area contributed by atoms with Crippen LogP contribution >= 0.6 is 0 Å². The van der Waals surface area contributed by atoms with Gasteiger partial charge in [0.25, 0.3) is 0 Å². The monoisotopic (exact) mass is 222 g/mol. The Morgan fingerprint density at radius 1 is 1.38 bits per heavy atom. The molecule has 1 heterocycles. The van der Waals surface area contributed by atoms with Crippen molar-refractivity contribution in [2.24, 2.45) is 5.92 Å². The maximum atomic E-state index is 5.29. The third-order valence-electron chi connectivity index (χ3n) is 2.79. The molecule has 1 aliphatic carbocycles. The molecule has 1 aromatic heterocycles. The number of hydrogen-bond donors (Lipinski definition) is 2. The fraction of sp³-hybridized carbons (Fsp3) is 0.636. The number of rotatable bonds is 6. The van der Waals surface area contributed by atoms with Crippen molar-refractivity contribution in [2.45, 2.75) is 19.3 Å². The summed E-state index contributed by atoms with van der Waals surface area (Å²) in [6.07, 6.45) is 5.50. The second-order valence-corrected chi connectivity index (χ2v) is 4.01. The number of anilines is 2. The van der Waals surface area contributed by atoms with Crippen LogP contribution in [0.15, 0.2) is 6.33 Å². The van der Waals surface area contributed by atoms with E-state index in [9.17, 15) is 0 Å². The normalized spacial score (nSPS) is 14.6. The number of nitrogens with one attached hydrogen (secondary N) is 2. The van der Waals surface area contributed by atoms with Crippen molar-refractivity contribution in [3.8, 4) is 5.75 Å². The van der Waals surface area contributed by atoms with Gasteiger partial charge in [0.15, 0.2) is 11.6 Å². The third kappa shape index (κ3) is 2.53. The molecule has 0 aliphatic heterocycles. The first kappa shape index (κ1) is 11.0. The molecule has 0 radical (unpaired) electrons. The molecule has 1 aliphatic rings. The van der Waals surface area contributed by atoms with Crippen LogP contribution in [0, 0.1) is 5.92 Å². The zero-order valence-corrected chi connectivity index (χ0v) is 9.79. The van der Waals surface area contributed by atoms with Gasteiger partial charge in [0.05, 0.1) is 7.11 Å². The predicted molar refractivity (Wildman–Crippen MR) is 64.0 cm³/mol. The second-order valence-electron chi connectivity index (χ2n) is 4.01. The average molecular weight is 222 g/mol. The topological polar surface area (TPSA) is 59.1 Å². The highest BCUT2D eigenvalue weighted by Gasteiger charge is 2.20. The van der Waals surface area contributed by atoms with Gasteiger partial charge in [-0.25, -0.2) is 9.97 Å². The molecule has 1 saturated carbocycles. The minimum atomic E-state index is 0.681. The zero-order valence-electron chi connectivity index (χ0n) is 9.79. The molecule has 0 saturated heterocycles. The Balaban J connectivity index is 1.99. The van der Waals surface area contributed by atoms with E-state index in [0.717, 1.165) is 18.3 Å². The molecule has 2 rings (SSSR count). The molecule has 0 unspecified atom stereocenters. The van der Waals surface area contributed by atoms with Crippen LogP contribution in [-0.2, 0) is 0 Å². The quantitative estimate of drug-likeness (QED) is 0.767. The SMILES string of the molecule is CNc1ncnc(NCCC2CC2)c1OC. The van der Waals surface area contributed by atoms with E-state index in [4.69, 9.17) is 4.74 Å². The maximum absolute atomic E-state index is 5.29. The average Bonchev–Trinajstić information content (AvgIpc) is 3.12. The first-order valence-electron chi connectivity index (χ1n) is 5.65. The predicted octanol–water partition coefficient (Wildman–Crippen LogP) is 1.74. The summed E-state index contributed by atoms with van der Waals surface area (Å²) >= 11 is 0. The van der Waals surface area contributed by atoms with Gasteiger partial charge in [0.2, 0.25) is 5.75 Å². The smallest absolute Gasteiger partial charge is 0.204 e. The van der Waals surface area contributed by atoms with Crippen LogP contribution in [0.25, 0.3) is 0 Å². The van der Waals surface area contributed by atoms with Gasteiger partial charge in [0.1, 0.15) is 6.33 Å². The number of nitrogens with zero attached hydrogens (tertiary/aromatic N) is 2. The molecule has 2 N–H and O–H groups in total. The molecule has 1 fully saturated rings. The standard InChI is InChI=1S/C11H18N4O/c1-12-10-9(16-2)11(15-7-14-10)13-6-5-8-3-4-8/h7-8H,3-6H2,1-2H3,(H2,12,13,14,15). The third-order valence-corrected chi connectivity index (χ3v) is 2.79. The Kier molecular flexibility index (Phi) is 3.44. The van der Waals surface area contributed by atoms with Crippen molar-refractivity contribution in [1.82, 2.24) is 9.97 Å². The molecule has 5 heteroatoms. The number of methoxy groups -OCH3 is 1. The van der Waals surface area contributed by atoms with E-state index in [0.29, 0.717) is 11.6 Å². The van der Waals surface area contributed by atoms with Gasteiger partial charge >= 0.3 is 0 Å². The molecule has 0 aromatic carbocycles. The van der Waals surface area contributed by atoms with Crippen LogP contribution < -0.4 is 15.4 Å². The first-order valence-corrected chi connectivity index (χ1v) is 5.65. The van der Waals surface area contributed by atoms with Crippen molar-refractivity contribution < 1.29 is 4.74 Å². The van der Waals surface area contributed by atoms with Gasteiger partial charge in [0, 0.05) is 13.6 Å². The van der Waals surface area contributed by atoms with E-state index < -0.39 is 0 Å². The van der Waals surface area contributed by atoms with Crippen LogP contribution in [0.4, 0.5) is 11.6 Å². The summed E-state index contributed by atoms with van der Waals surface area (Å²) in [5.74, 6) is 3.08. The van der Waals surface area contributed by atoms with Gasteiger partial charge in [-0.05, 0) is 12.3 Å². The van der Waals surface area contributed by atoms with E-state index in [1.165, 1.54) is 25.6 Å². The molecule has 0 spiro atoms. The highest BCUT2D eigenvalue weighted by molar-refractivity contribution is 5.63. The summed E-state index contributed by atoms with van der Waals surface area (Å²) in [6.45, 7) is 0.946. The Morgan fingerprint density at radius 3 is 2.75 bits per heavy atom. The summed E-state index contributed by atoms with van der Waals surface area (Å²) in [5.41, 5.74) is 0. The van der Waals surface area contributed by atoms with Crippen molar-refractivity contribution in [3.05, 3.63) is 6.33 Å². The van der Waals surface area contributed by atoms with Crippen molar-refractivity contribution >= 4 is 11.6 Å². The highest BCUT2D eigenvalue weighted by Crippen LogP contribution is 2.33. The van der Waals surface area contributed by atoms with Gasteiger partial charge in [-0.15, -0.1) is 0 Å². The summed E-state index contributed by atoms with van der Waals surface area (Å²) < 4.78 is 5.29. The number of hydrogen-bond acceptors (Lipinski definition) is 5. The summed E-state index contributed by atoms with van der Waals surface area (Å²) in [6, 6.07) is 0. The lowest BCUT2D eigenvalue weighted by Gasteiger charge is -2.12. The lowest BCUT2D eigenvalue weighted by atomic mass is 10.3. The zero-order chi connectivity index (χ0) is 11.4. The second kappa shape index (κ2) is 5.01. The summed E-state index contributed by atoms with van der Waals surface area (Å²) in [7, 11) is 3.45. The van der Waals surface area contributed by atoms with E-state index in [2.05, 4.69) is 20.6 Å². The van der Waals surface area contributed by atoms with Crippen LogP contribution in [0.3, 0.4) is 0 Å². The molecule has 0 atom stereocenters. The molecule has 0 amide bonds. The Morgan fingerprint density at radius 2 is 2.12 bits per heavy atom. The maximum Gasteiger partial charge on any atom is 0.204 e. The molecular weight excluding hydrogens is 204 g/mol. The van der Waals surface area contributed by atoms with Crippen molar-refractivity contribution in [2.75, 3.05) is 31.3 Å². The van der Waals surface area contributed by atoms with Crippen molar-refractivity contribution in [3.63, 3.8) is 0 Å². The number of aromatic nitrogens is 2. The molecule has 16 heavy (non-hydrogen) atoms. The fourth-order valence-corrected chi connectivity index (χ4v) is 1.67. The lowest BCUT2D eigenvalue weighted by Crippen LogP contribution is -2.08. The Hall–Kier alpha value is -1.52. The van der Waals surface area contributed by atoms with Gasteiger partial charge in [-0.1, -0.05) is 12.8 Å². The van der Waals surface area contributed by atoms with E-state index in [-0.39, 0.29) is 0 Å². The van der Waals surface area contributed by atoms with Crippen molar-refractivity contribution in [1.29, 1.82) is 0 Å². The largest absolute Gasteiger partial charge is 0.490 e.